The lowest BCUT2D eigenvalue weighted by molar-refractivity contribution is -0.148. The number of rotatable bonds is 7. The minimum absolute atomic E-state index is 0.100. The molecule has 0 atom stereocenters. The SMILES string of the molecule is Cc1cccc(N(Cc2ccccc2)C(=O)COC(=O)Cn2cnc3c2c(=O)n(C)c(=O)n3C)c1. The summed E-state index contributed by atoms with van der Waals surface area (Å²) in [7, 11) is 2.84. The standard InChI is InChI=1S/C25H25N5O5/c1-17-8-7-11-19(12-17)30(13-18-9-5-4-6-10-18)20(31)15-35-21(32)14-29-16-26-23-22(29)24(33)28(3)25(34)27(23)2/h4-12,16H,13-15H2,1-3H3. The number of imidazole rings is 1. The molecule has 0 saturated heterocycles. The van der Waals surface area contributed by atoms with Crippen molar-refractivity contribution in [2.75, 3.05) is 11.5 Å². The van der Waals surface area contributed by atoms with Crippen molar-refractivity contribution < 1.29 is 14.3 Å². The molecule has 0 fully saturated rings. The zero-order chi connectivity index (χ0) is 25.1. The van der Waals surface area contributed by atoms with Crippen molar-refractivity contribution in [2.45, 2.75) is 20.0 Å². The van der Waals surface area contributed by atoms with Gasteiger partial charge in [-0.15, -0.1) is 0 Å². The molecule has 0 radical (unpaired) electrons. The van der Waals surface area contributed by atoms with Crippen molar-refractivity contribution in [3.8, 4) is 0 Å². The van der Waals surface area contributed by atoms with E-state index in [1.165, 1.54) is 29.6 Å². The fourth-order valence-corrected chi connectivity index (χ4v) is 3.81. The third-order valence-corrected chi connectivity index (χ3v) is 5.67. The highest BCUT2D eigenvalue weighted by molar-refractivity contribution is 5.95. The van der Waals surface area contributed by atoms with Crippen LogP contribution in [0.3, 0.4) is 0 Å². The summed E-state index contributed by atoms with van der Waals surface area (Å²) in [6.07, 6.45) is 1.29. The zero-order valence-corrected chi connectivity index (χ0v) is 19.7. The average molecular weight is 476 g/mol. The van der Waals surface area contributed by atoms with Crippen molar-refractivity contribution >= 4 is 28.7 Å². The second-order valence-corrected chi connectivity index (χ2v) is 8.22. The van der Waals surface area contributed by atoms with Crippen LogP contribution in [0.2, 0.25) is 0 Å². The third-order valence-electron chi connectivity index (χ3n) is 5.67. The van der Waals surface area contributed by atoms with E-state index in [1.54, 1.807) is 4.90 Å². The van der Waals surface area contributed by atoms with Gasteiger partial charge in [0.15, 0.2) is 17.8 Å². The molecule has 2 aromatic carbocycles. The van der Waals surface area contributed by atoms with Gasteiger partial charge in [-0.05, 0) is 30.2 Å². The number of hydrogen-bond acceptors (Lipinski definition) is 6. The zero-order valence-electron chi connectivity index (χ0n) is 19.7. The number of fused-ring (bicyclic) bond motifs is 1. The number of benzene rings is 2. The van der Waals surface area contributed by atoms with Crippen LogP contribution in [0.25, 0.3) is 11.2 Å². The maximum atomic E-state index is 13.1. The molecule has 2 heterocycles. The number of aryl methyl sites for hydroxylation is 2. The first-order valence-electron chi connectivity index (χ1n) is 10.9. The fourth-order valence-electron chi connectivity index (χ4n) is 3.81. The molecule has 0 aliphatic rings. The number of hydrogen-bond donors (Lipinski definition) is 0. The Bertz CT molecular complexity index is 1520. The molecule has 0 saturated carbocycles. The maximum absolute atomic E-state index is 13.1. The van der Waals surface area contributed by atoms with Gasteiger partial charge in [0.05, 0.1) is 12.9 Å². The van der Waals surface area contributed by atoms with E-state index < -0.39 is 23.8 Å². The van der Waals surface area contributed by atoms with Gasteiger partial charge in [0.1, 0.15) is 6.54 Å². The summed E-state index contributed by atoms with van der Waals surface area (Å²) in [4.78, 5) is 55.9. The molecular formula is C25H25N5O5. The van der Waals surface area contributed by atoms with Gasteiger partial charge in [0.25, 0.3) is 11.5 Å². The predicted molar refractivity (Wildman–Crippen MR) is 130 cm³/mol. The van der Waals surface area contributed by atoms with E-state index in [4.69, 9.17) is 4.74 Å². The Hall–Kier alpha value is -4.47. The fraction of sp³-hybridized carbons (Fsp3) is 0.240. The van der Waals surface area contributed by atoms with Crippen molar-refractivity contribution in [3.05, 3.63) is 92.9 Å². The van der Waals surface area contributed by atoms with E-state index >= 15 is 0 Å². The number of anilines is 1. The third kappa shape index (κ3) is 4.91. The number of carbonyl (C=O) groups excluding carboxylic acids is 2. The van der Waals surface area contributed by atoms with Gasteiger partial charge in [-0.3, -0.25) is 23.5 Å². The summed E-state index contributed by atoms with van der Waals surface area (Å²) in [5.74, 6) is -1.10. The highest BCUT2D eigenvalue weighted by atomic mass is 16.5. The number of amides is 1. The Morgan fingerprint density at radius 1 is 1.00 bits per heavy atom. The predicted octanol–water partition coefficient (Wildman–Crippen LogP) is 1.52. The largest absolute Gasteiger partial charge is 0.454 e. The number of nitrogens with zero attached hydrogens (tertiary/aromatic N) is 5. The molecular weight excluding hydrogens is 450 g/mol. The summed E-state index contributed by atoms with van der Waals surface area (Å²) in [5.41, 5.74) is 1.79. The molecule has 2 aromatic heterocycles. The van der Waals surface area contributed by atoms with E-state index in [0.29, 0.717) is 12.2 Å². The molecule has 4 aromatic rings. The van der Waals surface area contributed by atoms with Gasteiger partial charge in [-0.25, -0.2) is 9.78 Å². The van der Waals surface area contributed by atoms with Crippen molar-refractivity contribution in [1.82, 2.24) is 18.7 Å². The van der Waals surface area contributed by atoms with E-state index in [9.17, 15) is 19.2 Å². The normalized spacial score (nSPS) is 10.9. The highest BCUT2D eigenvalue weighted by Gasteiger charge is 2.20. The van der Waals surface area contributed by atoms with E-state index in [0.717, 1.165) is 15.7 Å². The second-order valence-electron chi connectivity index (χ2n) is 8.22. The van der Waals surface area contributed by atoms with Crippen LogP contribution in [0.1, 0.15) is 11.1 Å². The number of esters is 1. The second kappa shape index (κ2) is 9.80. The van der Waals surface area contributed by atoms with Gasteiger partial charge in [-0.1, -0.05) is 42.5 Å². The molecule has 180 valence electrons. The number of carbonyl (C=O) groups is 2. The Morgan fingerprint density at radius 2 is 1.74 bits per heavy atom. The van der Waals surface area contributed by atoms with Crippen molar-refractivity contribution in [3.63, 3.8) is 0 Å². The summed E-state index contributed by atoms with van der Waals surface area (Å²) in [6.45, 7) is 1.45. The molecule has 1 amide bonds. The summed E-state index contributed by atoms with van der Waals surface area (Å²) < 4.78 is 8.75. The Balaban J connectivity index is 1.50. The van der Waals surface area contributed by atoms with Crippen LogP contribution in [0.4, 0.5) is 5.69 Å². The molecule has 10 nitrogen and oxygen atoms in total. The van der Waals surface area contributed by atoms with Crippen LogP contribution in [0.15, 0.2) is 70.5 Å². The van der Waals surface area contributed by atoms with Gasteiger partial charge in [-0.2, -0.15) is 0 Å². The van der Waals surface area contributed by atoms with Crippen molar-refractivity contribution in [1.29, 1.82) is 0 Å². The molecule has 4 rings (SSSR count). The first-order valence-corrected chi connectivity index (χ1v) is 10.9. The number of ether oxygens (including phenoxy) is 1. The quantitative estimate of drug-likeness (QED) is 0.375. The van der Waals surface area contributed by atoms with Gasteiger partial charge in [0, 0.05) is 19.8 Å². The molecule has 0 N–H and O–H groups in total. The minimum Gasteiger partial charge on any atom is -0.454 e. The van der Waals surface area contributed by atoms with Crippen LogP contribution in [-0.4, -0.2) is 37.2 Å². The summed E-state index contributed by atoms with van der Waals surface area (Å²) in [5, 5.41) is 0. The van der Waals surface area contributed by atoms with E-state index in [1.807, 2.05) is 61.5 Å². The monoisotopic (exact) mass is 475 g/mol. The lowest BCUT2D eigenvalue weighted by Crippen LogP contribution is -2.38. The molecule has 10 heteroatoms. The van der Waals surface area contributed by atoms with Crippen LogP contribution < -0.4 is 16.1 Å². The molecule has 35 heavy (non-hydrogen) atoms. The first-order chi connectivity index (χ1) is 16.8. The van der Waals surface area contributed by atoms with Crippen LogP contribution in [-0.2, 0) is 41.5 Å². The lowest BCUT2D eigenvalue weighted by Gasteiger charge is -2.23. The molecule has 0 bridgehead atoms. The van der Waals surface area contributed by atoms with Gasteiger partial charge >= 0.3 is 11.7 Å². The van der Waals surface area contributed by atoms with Crippen LogP contribution in [0, 0.1) is 6.92 Å². The highest BCUT2D eigenvalue weighted by Crippen LogP contribution is 2.19. The molecule has 0 aliphatic carbocycles. The Morgan fingerprint density at radius 3 is 2.46 bits per heavy atom. The van der Waals surface area contributed by atoms with E-state index in [2.05, 4.69) is 4.98 Å². The smallest absolute Gasteiger partial charge is 0.332 e. The maximum Gasteiger partial charge on any atom is 0.332 e. The average Bonchev–Trinajstić information content (AvgIpc) is 3.27. The molecule has 0 aliphatic heterocycles. The van der Waals surface area contributed by atoms with Gasteiger partial charge < -0.3 is 14.2 Å². The molecule has 0 unspecified atom stereocenters. The Kier molecular flexibility index (Phi) is 6.63. The number of aromatic nitrogens is 4. The first kappa shape index (κ1) is 23.7. The lowest BCUT2D eigenvalue weighted by atomic mass is 10.1. The summed E-state index contributed by atoms with van der Waals surface area (Å²) in [6, 6.07) is 17.0. The van der Waals surface area contributed by atoms with Crippen LogP contribution in [0.5, 0.6) is 0 Å². The summed E-state index contributed by atoms with van der Waals surface area (Å²) >= 11 is 0. The minimum atomic E-state index is -0.711. The van der Waals surface area contributed by atoms with Crippen LogP contribution >= 0.6 is 0 Å². The molecule has 0 spiro atoms. The van der Waals surface area contributed by atoms with Gasteiger partial charge in [0.2, 0.25) is 0 Å². The topological polar surface area (TPSA) is 108 Å². The van der Waals surface area contributed by atoms with Crippen molar-refractivity contribution in [2.24, 2.45) is 14.1 Å². The van der Waals surface area contributed by atoms with E-state index in [-0.39, 0.29) is 23.6 Å². The Labute approximate surface area is 200 Å².